The van der Waals surface area contributed by atoms with Crippen molar-refractivity contribution < 1.29 is 23.1 Å². The first-order valence-electron chi connectivity index (χ1n) is 11.5. The highest BCUT2D eigenvalue weighted by atomic mass is 19.1. The average Bonchev–Trinajstić information content (AvgIpc) is 3.28. The first-order chi connectivity index (χ1) is 17.0. The largest absolute Gasteiger partial charge is 0.497 e. The molecule has 182 valence electrons. The zero-order valence-electron chi connectivity index (χ0n) is 20.1. The second-order valence-electron chi connectivity index (χ2n) is 8.23. The summed E-state index contributed by atoms with van der Waals surface area (Å²) in [5.41, 5.74) is 2.94. The molecule has 0 N–H and O–H groups in total. The number of methoxy groups -OCH3 is 2. The number of hydrogen-bond donors (Lipinski definition) is 0. The lowest BCUT2D eigenvalue weighted by Crippen LogP contribution is -2.20. The van der Waals surface area contributed by atoms with E-state index in [2.05, 4.69) is 14.9 Å². The Morgan fingerprint density at radius 3 is 2.37 bits per heavy atom. The summed E-state index contributed by atoms with van der Waals surface area (Å²) >= 11 is 0. The van der Waals surface area contributed by atoms with Gasteiger partial charge in [0.15, 0.2) is 0 Å². The summed E-state index contributed by atoms with van der Waals surface area (Å²) in [5, 5.41) is 0.786. The molecule has 0 amide bonds. The lowest BCUT2D eigenvalue weighted by atomic mass is 9.99. The number of nitrogens with zero attached hydrogens (tertiary/aromatic N) is 3. The molecule has 0 aliphatic heterocycles. The van der Waals surface area contributed by atoms with Crippen molar-refractivity contribution in [2.24, 2.45) is 0 Å². The fourth-order valence-corrected chi connectivity index (χ4v) is 4.05. The van der Waals surface area contributed by atoms with Gasteiger partial charge in [-0.25, -0.2) is 14.4 Å². The van der Waals surface area contributed by atoms with Gasteiger partial charge in [0.2, 0.25) is 5.71 Å². The van der Waals surface area contributed by atoms with Crippen LogP contribution in [0, 0.1) is 5.82 Å². The average molecular weight is 478 g/mol. The Bertz CT molecular complexity index is 1290. The second kappa shape index (κ2) is 11.0. The molecule has 0 aliphatic rings. The Kier molecular flexibility index (Phi) is 7.60. The third kappa shape index (κ3) is 5.42. The Morgan fingerprint density at radius 1 is 0.971 bits per heavy atom. The molecule has 0 bridgehead atoms. The molecule has 4 aromatic rings. The number of anilines is 1. The van der Waals surface area contributed by atoms with Gasteiger partial charge in [0.25, 0.3) is 0 Å². The van der Waals surface area contributed by atoms with Crippen molar-refractivity contribution in [3.05, 3.63) is 60.7 Å². The van der Waals surface area contributed by atoms with Gasteiger partial charge in [-0.05, 0) is 54.8 Å². The smallest absolute Gasteiger partial charge is 0.305 e. The van der Waals surface area contributed by atoms with E-state index >= 15 is 0 Å². The summed E-state index contributed by atoms with van der Waals surface area (Å²) < 4.78 is 29.9. The monoisotopic (exact) mass is 477 g/mol. The summed E-state index contributed by atoms with van der Waals surface area (Å²) in [6, 6.07) is 13.9. The van der Waals surface area contributed by atoms with Crippen molar-refractivity contribution in [2.45, 2.75) is 25.7 Å². The van der Waals surface area contributed by atoms with E-state index in [0.29, 0.717) is 17.9 Å². The number of halogens is 1. The highest BCUT2D eigenvalue weighted by Gasteiger charge is 2.23. The first kappa shape index (κ1) is 24.2. The normalized spacial score (nSPS) is 11.0. The van der Waals surface area contributed by atoms with E-state index in [1.165, 1.54) is 25.6 Å². The number of aromatic nitrogens is 2. The predicted molar refractivity (Wildman–Crippen MR) is 133 cm³/mol. The number of fused-ring (bicyclic) bond motifs is 1. The zero-order valence-corrected chi connectivity index (χ0v) is 20.1. The maximum Gasteiger partial charge on any atom is 0.305 e. The standard InChI is InChI=1S/C27H28FN3O4/c1-31(16-6-4-5-7-22(32)34-3)26-24-23(18-10-14-21(33-2)15-11-18)25(35-27(24)30-17-29-26)19-8-12-20(28)13-9-19/h8-15,17H,4-7,16H2,1-3H3. The second-order valence-corrected chi connectivity index (χ2v) is 8.23. The minimum absolute atomic E-state index is 0.188. The minimum atomic E-state index is -0.316. The Labute approximate surface area is 203 Å². The van der Waals surface area contributed by atoms with Gasteiger partial charge >= 0.3 is 5.97 Å². The van der Waals surface area contributed by atoms with Crippen LogP contribution in [-0.2, 0) is 9.53 Å². The van der Waals surface area contributed by atoms with Crippen LogP contribution in [0.4, 0.5) is 10.2 Å². The number of rotatable bonds is 10. The SMILES string of the molecule is COC(=O)CCCCCN(C)c1ncnc2oc(-c3ccc(F)cc3)c(-c3ccc(OC)cc3)c12. The van der Waals surface area contributed by atoms with Crippen LogP contribution in [0.1, 0.15) is 25.7 Å². The van der Waals surface area contributed by atoms with Gasteiger partial charge in [0.05, 0.1) is 19.6 Å². The number of hydrogen-bond acceptors (Lipinski definition) is 7. The number of benzene rings is 2. The summed E-state index contributed by atoms with van der Waals surface area (Å²) in [6.07, 6.45) is 4.46. The number of ether oxygens (including phenoxy) is 2. The third-order valence-electron chi connectivity index (χ3n) is 5.92. The molecular weight excluding hydrogens is 449 g/mol. The van der Waals surface area contributed by atoms with Crippen molar-refractivity contribution in [1.29, 1.82) is 0 Å². The van der Waals surface area contributed by atoms with Crippen molar-refractivity contribution in [3.63, 3.8) is 0 Å². The van der Waals surface area contributed by atoms with E-state index in [1.807, 2.05) is 31.3 Å². The molecule has 2 aromatic heterocycles. The molecule has 0 unspecified atom stereocenters. The van der Waals surface area contributed by atoms with Crippen LogP contribution in [0.3, 0.4) is 0 Å². The fraction of sp³-hybridized carbons (Fsp3) is 0.296. The van der Waals surface area contributed by atoms with Gasteiger partial charge in [0.1, 0.15) is 29.5 Å². The van der Waals surface area contributed by atoms with E-state index in [9.17, 15) is 9.18 Å². The summed E-state index contributed by atoms with van der Waals surface area (Å²) in [6.45, 7) is 0.742. The summed E-state index contributed by atoms with van der Waals surface area (Å²) in [5.74, 6) is 1.57. The van der Waals surface area contributed by atoms with Crippen LogP contribution < -0.4 is 9.64 Å². The Hall–Kier alpha value is -3.94. The molecule has 0 saturated carbocycles. The van der Waals surface area contributed by atoms with Crippen LogP contribution in [0.5, 0.6) is 5.75 Å². The molecule has 0 spiro atoms. The quantitative estimate of drug-likeness (QED) is 0.209. The zero-order chi connectivity index (χ0) is 24.8. The number of carbonyl (C=O) groups is 1. The topological polar surface area (TPSA) is 77.7 Å². The Morgan fingerprint density at radius 2 is 1.69 bits per heavy atom. The molecule has 35 heavy (non-hydrogen) atoms. The van der Waals surface area contributed by atoms with Crippen molar-refractivity contribution in [2.75, 3.05) is 32.7 Å². The molecule has 7 nitrogen and oxygen atoms in total. The maximum absolute atomic E-state index is 13.6. The predicted octanol–water partition coefficient (Wildman–Crippen LogP) is 5.87. The fourth-order valence-electron chi connectivity index (χ4n) is 4.05. The van der Waals surface area contributed by atoms with Gasteiger partial charge in [-0.2, -0.15) is 0 Å². The molecule has 0 atom stereocenters. The molecule has 0 radical (unpaired) electrons. The molecule has 0 aliphatic carbocycles. The molecule has 2 aromatic carbocycles. The van der Waals surface area contributed by atoms with Crippen molar-refractivity contribution in [3.8, 4) is 28.2 Å². The van der Waals surface area contributed by atoms with Crippen LogP contribution in [0.15, 0.2) is 59.3 Å². The number of esters is 1. The molecule has 4 rings (SSSR count). The molecule has 8 heteroatoms. The van der Waals surface area contributed by atoms with Crippen molar-refractivity contribution >= 4 is 22.9 Å². The highest BCUT2D eigenvalue weighted by Crippen LogP contribution is 2.43. The van der Waals surface area contributed by atoms with Crippen LogP contribution >= 0.6 is 0 Å². The molecular formula is C27H28FN3O4. The van der Waals surface area contributed by atoms with E-state index in [-0.39, 0.29) is 11.8 Å². The number of carbonyl (C=O) groups excluding carboxylic acids is 1. The van der Waals surface area contributed by atoms with Crippen LogP contribution in [-0.4, -0.2) is 43.7 Å². The minimum Gasteiger partial charge on any atom is -0.497 e. The van der Waals surface area contributed by atoms with Crippen LogP contribution in [0.2, 0.25) is 0 Å². The highest BCUT2D eigenvalue weighted by molar-refractivity contribution is 6.06. The first-order valence-corrected chi connectivity index (χ1v) is 11.5. The van der Waals surface area contributed by atoms with Gasteiger partial charge in [-0.3, -0.25) is 4.79 Å². The lowest BCUT2D eigenvalue weighted by molar-refractivity contribution is -0.140. The van der Waals surface area contributed by atoms with Gasteiger partial charge in [0, 0.05) is 31.1 Å². The summed E-state index contributed by atoms with van der Waals surface area (Å²) in [4.78, 5) is 22.4. The third-order valence-corrected chi connectivity index (χ3v) is 5.92. The molecule has 2 heterocycles. The Balaban J connectivity index is 1.72. The van der Waals surface area contributed by atoms with E-state index in [1.54, 1.807) is 19.2 Å². The molecule has 0 saturated heterocycles. The maximum atomic E-state index is 13.6. The van der Waals surface area contributed by atoms with Gasteiger partial charge < -0.3 is 18.8 Å². The van der Waals surface area contributed by atoms with Gasteiger partial charge in [-0.1, -0.05) is 18.6 Å². The molecule has 0 fully saturated rings. The van der Waals surface area contributed by atoms with E-state index < -0.39 is 0 Å². The lowest BCUT2D eigenvalue weighted by Gasteiger charge is -2.19. The number of furan rings is 1. The van der Waals surface area contributed by atoms with E-state index in [4.69, 9.17) is 13.9 Å². The van der Waals surface area contributed by atoms with Gasteiger partial charge in [-0.15, -0.1) is 0 Å². The summed E-state index contributed by atoms with van der Waals surface area (Å²) in [7, 11) is 5.00. The van der Waals surface area contributed by atoms with E-state index in [0.717, 1.165) is 59.5 Å². The van der Waals surface area contributed by atoms with Crippen molar-refractivity contribution in [1.82, 2.24) is 9.97 Å². The number of unbranched alkanes of at least 4 members (excludes halogenated alkanes) is 2. The van der Waals surface area contributed by atoms with Crippen LogP contribution in [0.25, 0.3) is 33.6 Å².